The summed E-state index contributed by atoms with van der Waals surface area (Å²) in [5, 5.41) is 8.08. The van der Waals surface area contributed by atoms with Crippen molar-refractivity contribution in [1.82, 2.24) is 19.7 Å². The van der Waals surface area contributed by atoms with E-state index in [0.717, 1.165) is 25.5 Å². The molecule has 1 aromatic rings. The van der Waals surface area contributed by atoms with Crippen molar-refractivity contribution in [2.75, 3.05) is 13.1 Å². The Labute approximate surface area is 96.6 Å². The summed E-state index contributed by atoms with van der Waals surface area (Å²) in [7, 11) is 0. The van der Waals surface area contributed by atoms with Crippen LogP contribution in [0, 0.1) is 5.41 Å². The number of nitrogens with zero attached hydrogens (tertiary/aromatic N) is 4. The fraction of sp³-hybridized carbons (Fsp3) is 0.818. The number of hydrogen-bond donors (Lipinski definition) is 1. The van der Waals surface area contributed by atoms with Gasteiger partial charge in [-0.2, -0.15) is 0 Å². The number of aromatic nitrogens is 3. The van der Waals surface area contributed by atoms with Gasteiger partial charge in [-0.15, -0.1) is 10.2 Å². The third-order valence-corrected chi connectivity index (χ3v) is 3.33. The molecule has 5 heteroatoms. The lowest BCUT2D eigenvalue weighted by Crippen LogP contribution is -2.51. The molecule has 90 valence electrons. The predicted molar refractivity (Wildman–Crippen MR) is 62.7 cm³/mol. The van der Waals surface area contributed by atoms with E-state index in [4.69, 9.17) is 5.73 Å². The van der Waals surface area contributed by atoms with E-state index in [0.29, 0.717) is 12.6 Å². The van der Waals surface area contributed by atoms with Crippen LogP contribution in [0.3, 0.4) is 0 Å². The molecular weight excluding hydrogens is 202 g/mol. The molecule has 0 saturated carbocycles. The first kappa shape index (κ1) is 11.5. The zero-order chi connectivity index (χ0) is 11.8. The molecule has 5 nitrogen and oxygen atoms in total. The number of fused-ring (bicyclic) bond motifs is 1. The molecule has 0 aromatic carbocycles. The van der Waals surface area contributed by atoms with Gasteiger partial charge < -0.3 is 10.3 Å². The van der Waals surface area contributed by atoms with Gasteiger partial charge in [0, 0.05) is 25.7 Å². The maximum Gasteiger partial charge on any atom is 0.147 e. The van der Waals surface area contributed by atoms with Crippen LogP contribution in [-0.4, -0.2) is 38.8 Å². The van der Waals surface area contributed by atoms with E-state index >= 15 is 0 Å². The van der Waals surface area contributed by atoms with Crippen molar-refractivity contribution in [2.45, 2.75) is 39.9 Å². The second kappa shape index (κ2) is 4.14. The second-order valence-corrected chi connectivity index (χ2v) is 5.53. The molecule has 2 N–H and O–H groups in total. The molecule has 0 bridgehead atoms. The van der Waals surface area contributed by atoms with Crippen molar-refractivity contribution < 1.29 is 0 Å². The summed E-state index contributed by atoms with van der Waals surface area (Å²) in [5.74, 6) is 1.05. The van der Waals surface area contributed by atoms with Gasteiger partial charge in [0.15, 0.2) is 0 Å². The molecule has 1 aliphatic rings. The Morgan fingerprint density at radius 1 is 1.44 bits per heavy atom. The van der Waals surface area contributed by atoms with Gasteiger partial charge in [-0.05, 0) is 5.41 Å². The third-order valence-electron chi connectivity index (χ3n) is 3.33. The fourth-order valence-electron chi connectivity index (χ4n) is 2.40. The average Bonchev–Trinajstić information content (AvgIpc) is 2.63. The molecule has 2 heterocycles. The van der Waals surface area contributed by atoms with Crippen molar-refractivity contribution in [3.05, 3.63) is 12.2 Å². The number of hydrogen-bond acceptors (Lipinski definition) is 4. The summed E-state index contributed by atoms with van der Waals surface area (Å²) in [6.45, 7) is 10.3. The van der Waals surface area contributed by atoms with Crippen LogP contribution in [0.5, 0.6) is 0 Å². The predicted octanol–water partition coefficient (Wildman–Crippen LogP) is 0.467. The zero-order valence-corrected chi connectivity index (χ0v) is 10.3. The van der Waals surface area contributed by atoms with Gasteiger partial charge in [0.1, 0.15) is 12.2 Å². The van der Waals surface area contributed by atoms with Crippen LogP contribution in [0.2, 0.25) is 0 Å². The molecule has 1 atom stereocenters. The lowest BCUT2D eigenvalue weighted by molar-refractivity contribution is 0.0775. The van der Waals surface area contributed by atoms with Crippen molar-refractivity contribution >= 4 is 0 Å². The van der Waals surface area contributed by atoms with E-state index in [1.54, 1.807) is 6.33 Å². The van der Waals surface area contributed by atoms with Gasteiger partial charge in [-0.3, -0.25) is 4.90 Å². The highest BCUT2D eigenvalue weighted by molar-refractivity contribution is 4.94. The lowest BCUT2D eigenvalue weighted by Gasteiger charge is -2.41. The maximum atomic E-state index is 5.90. The van der Waals surface area contributed by atoms with E-state index in [1.165, 1.54) is 0 Å². The SMILES string of the molecule is CC(C)(C)C(CN)N1CCn2cnnc2C1. The Hall–Kier alpha value is -0.940. The Morgan fingerprint density at radius 2 is 2.19 bits per heavy atom. The van der Waals surface area contributed by atoms with Gasteiger partial charge in [-0.1, -0.05) is 20.8 Å². The highest BCUT2D eigenvalue weighted by atomic mass is 15.3. The summed E-state index contributed by atoms with van der Waals surface area (Å²) in [5.41, 5.74) is 6.11. The van der Waals surface area contributed by atoms with Crippen LogP contribution in [0.1, 0.15) is 26.6 Å². The van der Waals surface area contributed by atoms with E-state index in [2.05, 4.69) is 40.4 Å². The number of nitrogens with two attached hydrogens (primary N) is 1. The minimum absolute atomic E-state index is 0.205. The molecule has 0 fully saturated rings. The van der Waals surface area contributed by atoms with Gasteiger partial charge in [0.25, 0.3) is 0 Å². The highest BCUT2D eigenvalue weighted by Gasteiger charge is 2.31. The molecule has 1 unspecified atom stereocenters. The Morgan fingerprint density at radius 3 is 2.81 bits per heavy atom. The van der Waals surface area contributed by atoms with Crippen LogP contribution in [0.15, 0.2) is 6.33 Å². The van der Waals surface area contributed by atoms with Gasteiger partial charge >= 0.3 is 0 Å². The summed E-state index contributed by atoms with van der Waals surface area (Å²) in [6.07, 6.45) is 1.81. The first-order valence-corrected chi connectivity index (χ1v) is 5.83. The van der Waals surface area contributed by atoms with Crippen LogP contribution in [0.25, 0.3) is 0 Å². The molecule has 0 radical (unpaired) electrons. The quantitative estimate of drug-likeness (QED) is 0.791. The average molecular weight is 223 g/mol. The van der Waals surface area contributed by atoms with Crippen molar-refractivity contribution in [2.24, 2.45) is 11.1 Å². The molecule has 0 spiro atoms. The molecule has 0 amide bonds. The minimum atomic E-state index is 0.205. The molecule has 0 saturated heterocycles. The molecular formula is C11H21N5. The van der Waals surface area contributed by atoms with Crippen molar-refractivity contribution in [1.29, 1.82) is 0 Å². The minimum Gasteiger partial charge on any atom is -0.329 e. The molecule has 0 aliphatic carbocycles. The topological polar surface area (TPSA) is 60.0 Å². The normalized spacial score (nSPS) is 19.5. The van der Waals surface area contributed by atoms with Crippen LogP contribution in [0.4, 0.5) is 0 Å². The first-order valence-electron chi connectivity index (χ1n) is 5.83. The Bertz CT molecular complexity index is 352. The third kappa shape index (κ3) is 2.10. The Balaban J connectivity index is 2.13. The Kier molecular flexibility index (Phi) is 2.99. The van der Waals surface area contributed by atoms with E-state index in [9.17, 15) is 0 Å². The van der Waals surface area contributed by atoms with E-state index in [1.807, 2.05) is 0 Å². The van der Waals surface area contributed by atoms with E-state index in [-0.39, 0.29) is 5.41 Å². The van der Waals surface area contributed by atoms with E-state index < -0.39 is 0 Å². The number of rotatable bonds is 2. The molecule has 16 heavy (non-hydrogen) atoms. The summed E-state index contributed by atoms with van der Waals surface area (Å²) < 4.78 is 2.12. The smallest absolute Gasteiger partial charge is 0.147 e. The summed E-state index contributed by atoms with van der Waals surface area (Å²) >= 11 is 0. The van der Waals surface area contributed by atoms with Crippen molar-refractivity contribution in [3.63, 3.8) is 0 Å². The first-order chi connectivity index (χ1) is 7.52. The van der Waals surface area contributed by atoms with Crippen molar-refractivity contribution in [3.8, 4) is 0 Å². The molecule has 1 aliphatic heterocycles. The highest BCUT2D eigenvalue weighted by Crippen LogP contribution is 2.26. The summed E-state index contributed by atoms with van der Waals surface area (Å²) in [4.78, 5) is 2.42. The largest absolute Gasteiger partial charge is 0.329 e. The summed E-state index contributed by atoms with van der Waals surface area (Å²) in [6, 6.07) is 0.401. The zero-order valence-electron chi connectivity index (χ0n) is 10.3. The standard InChI is InChI=1S/C11H21N5/c1-11(2,3)9(6-12)15-4-5-16-8-13-14-10(16)7-15/h8-9H,4-7,12H2,1-3H3. The second-order valence-electron chi connectivity index (χ2n) is 5.53. The maximum absolute atomic E-state index is 5.90. The van der Waals surface area contributed by atoms with Crippen LogP contribution < -0.4 is 5.73 Å². The van der Waals surface area contributed by atoms with Gasteiger partial charge in [0.05, 0.1) is 6.54 Å². The van der Waals surface area contributed by atoms with Crippen LogP contribution >= 0.6 is 0 Å². The molecule has 1 aromatic heterocycles. The lowest BCUT2D eigenvalue weighted by atomic mass is 9.85. The fourth-order valence-corrected chi connectivity index (χ4v) is 2.40. The van der Waals surface area contributed by atoms with Gasteiger partial charge in [0.2, 0.25) is 0 Å². The molecule has 2 rings (SSSR count). The monoisotopic (exact) mass is 223 g/mol. The van der Waals surface area contributed by atoms with Gasteiger partial charge in [-0.25, -0.2) is 0 Å². The van der Waals surface area contributed by atoms with Crippen LogP contribution in [-0.2, 0) is 13.1 Å².